The largest absolute Gasteiger partial charge is 0.430 e. The van der Waals surface area contributed by atoms with E-state index >= 15 is 0 Å². The third kappa shape index (κ3) is 3.65. The molecule has 4 nitrogen and oxygen atoms in total. The van der Waals surface area contributed by atoms with Crippen molar-refractivity contribution >= 4 is 32.9 Å². The van der Waals surface area contributed by atoms with Crippen molar-refractivity contribution < 1.29 is 62.9 Å². The van der Waals surface area contributed by atoms with E-state index in [4.69, 9.17) is 11.5 Å². The molecule has 0 bridgehead atoms. The lowest BCUT2D eigenvalue weighted by atomic mass is 9.83. The van der Waals surface area contributed by atoms with E-state index in [9.17, 15) is 62.9 Å². The number of nitrogen functional groups attached to an aromatic ring is 2. The minimum atomic E-state index is -6.42. The van der Waals surface area contributed by atoms with Gasteiger partial charge >= 0.3 is 24.7 Å². The number of fused-ring (bicyclic) bond motifs is 3. The highest BCUT2D eigenvalue weighted by Crippen LogP contribution is 2.55. The number of halogens is 12. The standard InChI is InChI=1S/C20H12F12N2O2/c21-17(22,23)15(35,18(24,25)26)10-5-8-2-1-7-3-4-11(33)14(13(7)9(8)6-12(10)34)16(36,19(27,28)29)20(30,31)32/h1-6,35-36H,33-34H2. The van der Waals surface area contributed by atoms with Crippen molar-refractivity contribution in [1.29, 1.82) is 0 Å². The molecule has 0 radical (unpaired) electrons. The lowest BCUT2D eigenvalue weighted by Crippen LogP contribution is -2.54. The molecular formula is C20H12F12N2O2. The third-order valence-corrected chi connectivity index (χ3v) is 5.60. The van der Waals surface area contributed by atoms with Crippen molar-refractivity contribution in [2.45, 2.75) is 35.9 Å². The molecule has 0 saturated heterocycles. The zero-order valence-corrected chi connectivity index (χ0v) is 17.0. The fourth-order valence-corrected chi connectivity index (χ4v) is 3.84. The van der Waals surface area contributed by atoms with Crippen molar-refractivity contribution in [2.24, 2.45) is 0 Å². The van der Waals surface area contributed by atoms with Gasteiger partial charge in [-0.1, -0.05) is 18.2 Å². The molecule has 0 spiro atoms. The Labute approximate surface area is 191 Å². The number of aliphatic hydroxyl groups is 2. The molecule has 0 aliphatic carbocycles. The number of benzene rings is 3. The zero-order valence-electron chi connectivity index (χ0n) is 17.0. The summed E-state index contributed by atoms with van der Waals surface area (Å²) in [6.07, 6.45) is -25.6. The second-order valence-electron chi connectivity index (χ2n) is 7.77. The van der Waals surface area contributed by atoms with E-state index in [2.05, 4.69) is 0 Å². The minimum Gasteiger partial charge on any atom is -0.398 e. The monoisotopic (exact) mass is 540 g/mol. The van der Waals surface area contributed by atoms with Crippen LogP contribution in [-0.4, -0.2) is 34.9 Å². The summed E-state index contributed by atoms with van der Waals surface area (Å²) < 4.78 is 162. The first kappa shape index (κ1) is 27.4. The summed E-state index contributed by atoms with van der Waals surface area (Å²) in [5.74, 6) is 0. The lowest BCUT2D eigenvalue weighted by Gasteiger charge is -2.35. The summed E-state index contributed by atoms with van der Waals surface area (Å²) in [7, 11) is 0. The fourth-order valence-electron chi connectivity index (χ4n) is 3.84. The summed E-state index contributed by atoms with van der Waals surface area (Å²) in [6, 6.07) is 3.30. The predicted octanol–water partition coefficient (Wildman–Crippen LogP) is 5.78. The smallest absolute Gasteiger partial charge is 0.398 e. The summed E-state index contributed by atoms with van der Waals surface area (Å²) in [4.78, 5) is 0. The van der Waals surface area contributed by atoms with Crippen LogP contribution in [-0.2, 0) is 11.2 Å². The molecule has 0 saturated carbocycles. The average Bonchev–Trinajstić information content (AvgIpc) is 2.68. The molecule has 3 rings (SSSR count). The molecule has 0 atom stereocenters. The van der Waals surface area contributed by atoms with E-state index in [1.54, 1.807) is 0 Å². The fraction of sp³-hybridized carbons (Fsp3) is 0.300. The van der Waals surface area contributed by atoms with Gasteiger partial charge in [-0.2, -0.15) is 52.7 Å². The van der Waals surface area contributed by atoms with Crippen molar-refractivity contribution in [3.8, 4) is 0 Å². The number of hydrogen-bond donors (Lipinski definition) is 4. The molecule has 36 heavy (non-hydrogen) atoms. The van der Waals surface area contributed by atoms with Gasteiger partial charge in [0.1, 0.15) is 0 Å². The second-order valence-corrected chi connectivity index (χ2v) is 7.77. The van der Waals surface area contributed by atoms with Gasteiger partial charge in [0.2, 0.25) is 0 Å². The Balaban J connectivity index is 2.57. The molecule has 0 fully saturated rings. The second kappa shape index (κ2) is 7.68. The van der Waals surface area contributed by atoms with Crippen LogP contribution in [0.25, 0.3) is 21.5 Å². The minimum absolute atomic E-state index is 0.0261. The van der Waals surface area contributed by atoms with E-state index in [0.29, 0.717) is 6.07 Å². The molecule has 3 aromatic rings. The van der Waals surface area contributed by atoms with Crippen molar-refractivity contribution in [2.75, 3.05) is 11.5 Å². The highest BCUT2D eigenvalue weighted by molar-refractivity contribution is 6.12. The highest BCUT2D eigenvalue weighted by atomic mass is 19.4. The molecule has 16 heteroatoms. The molecule has 0 aromatic heterocycles. The van der Waals surface area contributed by atoms with Crippen LogP contribution in [0.1, 0.15) is 11.1 Å². The van der Waals surface area contributed by atoms with Crippen LogP contribution in [0.15, 0.2) is 36.4 Å². The Kier molecular flexibility index (Phi) is 5.85. The van der Waals surface area contributed by atoms with Gasteiger partial charge in [0.15, 0.2) is 0 Å². The van der Waals surface area contributed by atoms with Crippen molar-refractivity contribution in [1.82, 2.24) is 0 Å². The van der Waals surface area contributed by atoms with Gasteiger partial charge in [-0.3, -0.25) is 0 Å². The van der Waals surface area contributed by atoms with E-state index in [-0.39, 0.29) is 12.1 Å². The molecule has 0 unspecified atom stereocenters. The van der Waals surface area contributed by atoms with Crippen LogP contribution in [0, 0.1) is 0 Å². The van der Waals surface area contributed by atoms with Gasteiger partial charge in [-0.25, -0.2) is 0 Å². The Morgan fingerprint density at radius 3 is 1.39 bits per heavy atom. The van der Waals surface area contributed by atoms with E-state index in [1.807, 2.05) is 0 Å². The normalized spacial score (nSPS) is 14.6. The number of alkyl halides is 12. The van der Waals surface area contributed by atoms with E-state index < -0.39 is 80.0 Å². The topological polar surface area (TPSA) is 92.5 Å². The lowest BCUT2D eigenvalue weighted by molar-refractivity contribution is -0.376. The number of anilines is 2. The van der Waals surface area contributed by atoms with Crippen LogP contribution >= 0.6 is 0 Å². The maximum absolute atomic E-state index is 13.6. The average molecular weight is 540 g/mol. The van der Waals surface area contributed by atoms with Gasteiger partial charge in [0.25, 0.3) is 11.2 Å². The SMILES string of the molecule is Nc1cc2c(ccc3ccc(N)c(C(O)(C(F)(F)F)C(F)(F)F)c32)cc1C(O)(C(F)(F)F)C(F)(F)F. The van der Waals surface area contributed by atoms with Gasteiger partial charge in [-0.15, -0.1) is 0 Å². The van der Waals surface area contributed by atoms with Crippen molar-refractivity contribution in [3.05, 3.63) is 47.5 Å². The first-order valence-corrected chi connectivity index (χ1v) is 9.27. The highest BCUT2D eigenvalue weighted by Gasteiger charge is 2.73. The molecule has 6 N–H and O–H groups in total. The Morgan fingerprint density at radius 1 is 0.528 bits per heavy atom. The molecule has 0 aliphatic rings. The summed E-state index contributed by atoms with van der Waals surface area (Å²) >= 11 is 0. The number of nitrogens with two attached hydrogens (primary N) is 2. The van der Waals surface area contributed by atoms with Gasteiger partial charge in [0.05, 0.1) is 0 Å². The summed E-state index contributed by atoms with van der Waals surface area (Å²) in [6.45, 7) is 0. The van der Waals surface area contributed by atoms with E-state index in [1.165, 1.54) is 0 Å². The predicted molar refractivity (Wildman–Crippen MR) is 102 cm³/mol. The molecule has 0 heterocycles. The molecule has 198 valence electrons. The van der Waals surface area contributed by atoms with Crippen LogP contribution in [0.4, 0.5) is 64.1 Å². The number of hydrogen-bond acceptors (Lipinski definition) is 4. The quantitative estimate of drug-likeness (QED) is 0.188. The van der Waals surface area contributed by atoms with Crippen molar-refractivity contribution in [3.63, 3.8) is 0 Å². The maximum atomic E-state index is 13.6. The maximum Gasteiger partial charge on any atom is 0.430 e. The Bertz CT molecular complexity index is 1310. The molecular weight excluding hydrogens is 528 g/mol. The summed E-state index contributed by atoms with van der Waals surface area (Å²) in [5.41, 5.74) is -7.06. The Morgan fingerprint density at radius 2 is 0.944 bits per heavy atom. The van der Waals surface area contributed by atoms with Gasteiger partial charge in [-0.05, 0) is 39.7 Å². The first-order chi connectivity index (χ1) is 16.0. The molecule has 0 amide bonds. The summed E-state index contributed by atoms with van der Waals surface area (Å²) in [5, 5.41) is 16.5. The zero-order chi connectivity index (χ0) is 27.9. The molecule has 0 aliphatic heterocycles. The molecule has 3 aromatic carbocycles. The van der Waals surface area contributed by atoms with E-state index in [0.717, 1.165) is 18.2 Å². The van der Waals surface area contributed by atoms with Gasteiger partial charge in [0, 0.05) is 22.5 Å². The Hall–Kier alpha value is -3.14. The van der Waals surface area contributed by atoms with Crippen LogP contribution in [0.5, 0.6) is 0 Å². The van der Waals surface area contributed by atoms with Crippen LogP contribution < -0.4 is 11.5 Å². The van der Waals surface area contributed by atoms with Crippen LogP contribution in [0.3, 0.4) is 0 Å². The van der Waals surface area contributed by atoms with Crippen LogP contribution in [0.2, 0.25) is 0 Å². The first-order valence-electron chi connectivity index (χ1n) is 9.27. The third-order valence-electron chi connectivity index (χ3n) is 5.60. The van der Waals surface area contributed by atoms with Gasteiger partial charge < -0.3 is 21.7 Å². The number of rotatable bonds is 2.